The zero-order valence-corrected chi connectivity index (χ0v) is 14.2. The molecule has 0 saturated heterocycles. The zero-order chi connectivity index (χ0) is 15.6. The molecule has 1 N–H and O–H groups in total. The van der Waals surface area contributed by atoms with E-state index in [1.54, 1.807) is 0 Å². The molecular formula is C17H24ClN3. The van der Waals surface area contributed by atoms with Gasteiger partial charge in [0, 0.05) is 36.4 Å². The van der Waals surface area contributed by atoms with Crippen LogP contribution < -0.4 is 5.32 Å². The summed E-state index contributed by atoms with van der Waals surface area (Å²) in [5.74, 6) is 0.397. The van der Waals surface area contributed by atoms with Crippen LogP contribution in [0.25, 0.3) is 11.1 Å². The van der Waals surface area contributed by atoms with E-state index >= 15 is 0 Å². The van der Waals surface area contributed by atoms with Gasteiger partial charge in [0.15, 0.2) is 0 Å². The van der Waals surface area contributed by atoms with Crippen LogP contribution in [-0.4, -0.2) is 15.8 Å². The minimum Gasteiger partial charge on any atom is -0.310 e. The maximum Gasteiger partial charge on any atom is 0.0728 e. The average molecular weight is 306 g/mol. The number of nitrogens with zero attached hydrogens (tertiary/aromatic N) is 2. The van der Waals surface area contributed by atoms with Crippen LogP contribution in [0.4, 0.5) is 0 Å². The molecule has 0 bridgehead atoms. The summed E-state index contributed by atoms with van der Waals surface area (Å²) in [7, 11) is 1.96. The van der Waals surface area contributed by atoms with Crippen LogP contribution in [-0.2, 0) is 13.6 Å². The van der Waals surface area contributed by atoms with Gasteiger partial charge in [-0.05, 0) is 29.2 Å². The molecule has 0 saturated carbocycles. The van der Waals surface area contributed by atoms with Crippen molar-refractivity contribution in [3.8, 4) is 11.1 Å². The monoisotopic (exact) mass is 305 g/mol. The number of nitrogens with one attached hydrogen (secondary N) is 1. The van der Waals surface area contributed by atoms with Gasteiger partial charge in [-0.3, -0.25) is 4.68 Å². The van der Waals surface area contributed by atoms with Crippen LogP contribution in [0.5, 0.6) is 0 Å². The van der Waals surface area contributed by atoms with Gasteiger partial charge < -0.3 is 5.32 Å². The largest absolute Gasteiger partial charge is 0.310 e. The van der Waals surface area contributed by atoms with Crippen molar-refractivity contribution in [3.63, 3.8) is 0 Å². The van der Waals surface area contributed by atoms with Crippen LogP contribution in [0, 0.1) is 0 Å². The van der Waals surface area contributed by atoms with Gasteiger partial charge >= 0.3 is 0 Å². The van der Waals surface area contributed by atoms with Crippen molar-refractivity contribution in [1.82, 2.24) is 15.1 Å². The molecule has 2 aromatic rings. The molecule has 0 aliphatic rings. The molecule has 0 unspecified atom stereocenters. The molecule has 1 aromatic carbocycles. The van der Waals surface area contributed by atoms with E-state index in [4.69, 9.17) is 11.6 Å². The first-order valence-corrected chi connectivity index (χ1v) is 7.82. The third kappa shape index (κ3) is 3.86. The van der Waals surface area contributed by atoms with Crippen molar-refractivity contribution >= 4 is 11.6 Å². The highest BCUT2D eigenvalue weighted by atomic mass is 35.5. The lowest BCUT2D eigenvalue weighted by atomic mass is 9.98. The summed E-state index contributed by atoms with van der Waals surface area (Å²) < 4.78 is 1.88. The summed E-state index contributed by atoms with van der Waals surface area (Å²) in [4.78, 5) is 0. The van der Waals surface area contributed by atoms with Crippen molar-refractivity contribution in [2.45, 2.75) is 46.2 Å². The molecule has 4 heteroatoms. The molecule has 21 heavy (non-hydrogen) atoms. The van der Waals surface area contributed by atoms with Gasteiger partial charge in [0.25, 0.3) is 0 Å². The van der Waals surface area contributed by atoms with Crippen LogP contribution in [0.1, 0.15) is 44.9 Å². The number of benzene rings is 1. The van der Waals surface area contributed by atoms with Gasteiger partial charge in [0.2, 0.25) is 0 Å². The Morgan fingerprint density at radius 1 is 1.24 bits per heavy atom. The minimum atomic E-state index is 0.397. The van der Waals surface area contributed by atoms with E-state index in [0.717, 1.165) is 22.8 Å². The lowest BCUT2D eigenvalue weighted by Gasteiger charge is -2.12. The smallest absolute Gasteiger partial charge is 0.0728 e. The maximum atomic E-state index is 6.31. The molecule has 0 amide bonds. The molecule has 1 heterocycles. The van der Waals surface area contributed by atoms with Gasteiger partial charge in [-0.25, -0.2) is 0 Å². The topological polar surface area (TPSA) is 29.9 Å². The number of aryl methyl sites for hydroxylation is 1. The summed E-state index contributed by atoms with van der Waals surface area (Å²) in [6.07, 6.45) is 2.08. The number of halogens is 1. The molecule has 114 valence electrons. The fraction of sp³-hybridized carbons (Fsp3) is 0.471. The summed E-state index contributed by atoms with van der Waals surface area (Å²) in [6, 6.07) is 6.66. The predicted octanol–water partition coefficient (Wildman–Crippen LogP) is 4.36. The second kappa shape index (κ2) is 6.63. The number of hydrogen-bond acceptors (Lipinski definition) is 2. The Morgan fingerprint density at radius 3 is 2.57 bits per heavy atom. The van der Waals surface area contributed by atoms with E-state index in [9.17, 15) is 0 Å². The first kappa shape index (κ1) is 16.1. The van der Waals surface area contributed by atoms with E-state index in [0.29, 0.717) is 12.0 Å². The van der Waals surface area contributed by atoms with Crippen molar-refractivity contribution in [2.24, 2.45) is 7.05 Å². The Labute approximate surface area is 132 Å². The Hall–Kier alpha value is -1.32. The Bertz CT molecular complexity index is 614. The van der Waals surface area contributed by atoms with Crippen LogP contribution in [0.15, 0.2) is 24.4 Å². The van der Waals surface area contributed by atoms with Crippen molar-refractivity contribution in [3.05, 3.63) is 40.7 Å². The summed E-state index contributed by atoms with van der Waals surface area (Å²) in [5.41, 5.74) is 4.62. The number of aromatic nitrogens is 2. The van der Waals surface area contributed by atoms with Gasteiger partial charge in [-0.2, -0.15) is 5.10 Å². The van der Waals surface area contributed by atoms with Gasteiger partial charge in [-0.15, -0.1) is 0 Å². The molecule has 0 aliphatic carbocycles. The van der Waals surface area contributed by atoms with Gasteiger partial charge in [0.1, 0.15) is 0 Å². The van der Waals surface area contributed by atoms with Crippen LogP contribution >= 0.6 is 11.6 Å². The zero-order valence-electron chi connectivity index (χ0n) is 13.4. The molecule has 3 nitrogen and oxygen atoms in total. The highest BCUT2D eigenvalue weighted by molar-refractivity contribution is 6.31. The van der Waals surface area contributed by atoms with E-state index in [-0.39, 0.29) is 0 Å². The lowest BCUT2D eigenvalue weighted by molar-refractivity contribution is 0.589. The highest BCUT2D eigenvalue weighted by Gasteiger charge is 2.14. The molecular weight excluding hydrogens is 282 g/mol. The SMILES string of the molecule is CC(C)NCc1cc(-c2cn(C)nc2C(C)C)ccc1Cl. The first-order chi connectivity index (χ1) is 9.88. The van der Waals surface area contributed by atoms with Crippen LogP contribution in [0.2, 0.25) is 5.02 Å². The third-order valence-corrected chi connectivity index (χ3v) is 3.83. The standard InChI is InChI=1S/C17H24ClN3/c1-11(2)17-15(10-21(5)20-17)13-6-7-16(18)14(8-13)9-19-12(3)4/h6-8,10-12,19H,9H2,1-5H3. The first-order valence-electron chi connectivity index (χ1n) is 7.44. The minimum absolute atomic E-state index is 0.397. The summed E-state index contributed by atoms with van der Waals surface area (Å²) >= 11 is 6.31. The normalized spacial score (nSPS) is 11.6. The fourth-order valence-electron chi connectivity index (χ4n) is 2.35. The quantitative estimate of drug-likeness (QED) is 0.889. The van der Waals surface area contributed by atoms with E-state index < -0.39 is 0 Å². The Balaban J connectivity index is 2.38. The molecule has 0 spiro atoms. The molecule has 0 radical (unpaired) electrons. The van der Waals surface area contributed by atoms with Crippen molar-refractivity contribution in [2.75, 3.05) is 0 Å². The molecule has 0 aliphatic heterocycles. The van der Waals surface area contributed by atoms with Gasteiger partial charge in [-0.1, -0.05) is 45.4 Å². The van der Waals surface area contributed by atoms with E-state index in [1.165, 1.54) is 11.1 Å². The second-order valence-corrected chi connectivity index (χ2v) is 6.51. The predicted molar refractivity (Wildman–Crippen MR) is 89.7 cm³/mol. The molecule has 0 fully saturated rings. The lowest BCUT2D eigenvalue weighted by Crippen LogP contribution is -2.22. The highest BCUT2D eigenvalue weighted by Crippen LogP contribution is 2.30. The fourth-order valence-corrected chi connectivity index (χ4v) is 2.53. The summed E-state index contributed by atoms with van der Waals surface area (Å²) in [6.45, 7) is 9.39. The molecule has 0 atom stereocenters. The Morgan fingerprint density at radius 2 is 1.95 bits per heavy atom. The Kier molecular flexibility index (Phi) is 5.07. The number of hydrogen-bond donors (Lipinski definition) is 1. The summed E-state index contributed by atoms with van der Waals surface area (Å²) in [5, 5.41) is 8.81. The van der Waals surface area contributed by atoms with Gasteiger partial charge in [0.05, 0.1) is 5.69 Å². The second-order valence-electron chi connectivity index (χ2n) is 6.10. The van der Waals surface area contributed by atoms with E-state index in [2.05, 4.69) is 56.4 Å². The number of rotatable bonds is 5. The van der Waals surface area contributed by atoms with Crippen LogP contribution in [0.3, 0.4) is 0 Å². The maximum absolute atomic E-state index is 6.31. The van der Waals surface area contributed by atoms with Crippen molar-refractivity contribution < 1.29 is 0 Å². The van der Waals surface area contributed by atoms with E-state index in [1.807, 2.05) is 17.8 Å². The molecule has 1 aromatic heterocycles. The third-order valence-electron chi connectivity index (χ3n) is 3.46. The van der Waals surface area contributed by atoms with Crippen molar-refractivity contribution in [1.29, 1.82) is 0 Å². The molecule has 2 rings (SSSR count). The average Bonchev–Trinajstić information content (AvgIpc) is 2.80.